The van der Waals surface area contributed by atoms with Crippen molar-refractivity contribution in [2.24, 2.45) is 0 Å². The van der Waals surface area contributed by atoms with E-state index in [2.05, 4.69) is 10.6 Å². The number of aliphatic hydroxyl groups is 1. The highest BCUT2D eigenvalue weighted by Gasteiger charge is 2.16. The number of rotatable bonds is 2. The van der Waals surface area contributed by atoms with Crippen LogP contribution in [0.15, 0.2) is 0 Å². The quantitative estimate of drug-likeness (QED) is 0.601. The molecule has 0 saturated carbocycles. The lowest BCUT2D eigenvalue weighted by Gasteiger charge is -2.23. The molecule has 0 bridgehead atoms. The Balaban J connectivity index is 3.89. The van der Waals surface area contributed by atoms with Gasteiger partial charge in [-0.2, -0.15) is 0 Å². The van der Waals surface area contributed by atoms with Gasteiger partial charge in [0, 0.05) is 5.54 Å². The van der Waals surface area contributed by atoms with Crippen molar-refractivity contribution < 1.29 is 9.90 Å². The van der Waals surface area contributed by atoms with Gasteiger partial charge in [0.15, 0.2) is 0 Å². The van der Waals surface area contributed by atoms with Gasteiger partial charge in [-0.25, -0.2) is 4.79 Å². The Labute approximate surface area is 79.7 Å². The van der Waals surface area contributed by atoms with E-state index in [1.54, 1.807) is 13.8 Å². The fourth-order valence-corrected chi connectivity index (χ4v) is 0.704. The first kappa shape index (κ1) is 12.2. The summed E-state index contributed by atoms with van der Waals surface area (Å²) in [5.74, 6) is 0. The van der Waals surface area contributed by atoms with Crippen LogP contribution in [-0.2, 0) is 0 Å². The summed E-state index contributed by atoms with van der Waals surface area (Å²) in [6.07, 6.45) is -0.536. The van der Waals surface area contributed by atoms with Crippen molar-refractivity contribution in [3.8, 4) is 0 Å². The van der Waals surface area contributed by atoms with Crippen molar-refractivity contribution >= 4 is 6.03 Å². The van der Waals surface area contributed by atoms with Crippen molar-refractivity contribution in [2.75, 3.05) is 0 Å². The van der Waals surface area contributed by atoms with Crippen LogP contribution in [-0.4, -0.2) is 28.8 Å². The molecule has 0 aromatic heterocycles. The first-order valence-corrected chi connectivity index (χ1v) is 4.49. The minimum atomic E-state index is -0.536. The molecule has 78 valence electrons. The van der Waals surface area contributed by atoms with Gasteiger partial charge in [-0.05, 0) is 34.6 Å². The van der Waals surface area contributed by atoms with Crippen LogP contribution < -0.4 is 10.6 Å². The monoisotopic (exact) mass is 188 g/mol. The highest BCUT2D eigenvalue weighted by atomic mass is 16.3. The molecule has 13 heavy (non-hydrogen) atoms. The Morgan fingerprint density at radius 3 is 2.08 bits per heavy atom. The number of amides is 2. The number of hydrogen-bond acceptors (Lipinski definition) is 2. The SMILES string of the molecule is CC(O)C(C)NC(=O)NC(C)(C)C. The number of carbonyl (C=O) groups is 1. The minimum Gasteiger partial charge on any atom is -0.391 e. The molecule has 4 heteroatoms. The van der Waals surface area contributed by atoms with Crippen LogP contribution in [0.25, 0.3) is 0 Å². The summed E-state index contributed by atoms with van der Waals surface area (Å²) < 4.78 is 0. The highest BCUT2D eigenvalue weighted by molar-refractivity contribution is 5.74. The molecular weight excluding hydrogens is 168 g/mol. The standard InChI is InChI=1S/C9H20N2O2/c1-6(7(2)12)10-8(13)11-9(3,4)5/h6-7,12H,1-5H3,(H2,10,11,13). The molecule has 0 heterocycles. The van der Waals surface area contributed by atoms with E-state index in [4.69, 9.17) is 5.11 Å². The van der Waals surface area contributed by atoms with Crippen molar-refractivity contribution in [1.29, 1.82) is 0 Å². The lowest BCUT2D eigenvalue weighted by molar-refractivity contribution is 0.151. The fraction of sp³-hybridized carbons (Fsp3) is 0.889. The summed E-state index contributed by atoms with van der Waals surface area (Å²) in [7, 11) is 0. The Kier molecular flexibility index (Phi) is 4.20. The summed E-state index contributed by atoms with van der Waals surface area (Å²) in [5.41, 5.74) is -0.248. The van der Waals surface area contributed by atoms with Crippen LogP contribution in [0.2, 0.25) is 0 Å². The Morgan fingerprint density at radius 2 is 1.77 bits per heavy atom. The van der Waals surface area contributed by atoms with Gasteiger partial charge in [-0.1, -0.05) is 0 Å². The number of hydrogen-bond donors (Lipinski definition) is 3. The number of nitrogens with one attached hydrogen (secondary N) is 2. The lowest BCUT2D eigenvalue weighted by Crippen LogP contribution is -2.51. The largest absolute Gasteiger partial charge is 0.391 e. The highest BCUT2D eigenvalue weighted by Crippen LogP contribution is 1.98. The Hall–Kier alpha value is -0.770. The zero-order chi connectivity index (χ0) is 10.6. The predicted octanol–water partition coefficient (Wildman–Crippen LogP) is 0.853. The van der Waals surface area contributed by atoms with Gasteiger partial charge in [0.1, 0.15) is 0 Å². The predicted molar refractivity (Wildman–Crippen MR) is 52.6 cm³/mol. The molecule has 0 saturated heterocycles. The number of urea groups is 1. The van der Waals surface area contributed by atoms with Gasteiger partial charge < -0.3 is 15.7 Å². The summed E-state index contributed by atoms with van der Waals surface area (Å²) in [6, 6.07) is -0.483. The van der Waals surface area contributed by atoms with E-state index >= 15 is 0 Å². The second-order valence-corrected chi connectivity index (χ2v) is 4.38. The molecular formula is C9H20N2O2. The molecule has 0 rings (SSSR count). The van der Waals surface area contributed by atoms with E-state index in [9.17, 15) is 4.79 Å². The molecule has 0 aliphatic heterocycles. The Bertz CT molecular complexity index is 173. The van der Waals surface area contributed by atoms with Crippen LogP contribution in [0.5, 0.6) is 0 Å². The zero-order valence-corrected chi connectivity index (χ0v) is 9.01. The van der Waals surface area contributed by atoms with E-state index in [1.807, 2.05) is 20.8 Å². The summed E-state index contributed by atoms with van der Waals surface area (Å²) >= 11 is 0. The molecule has 2 unspecified atom stereocenters. The summed E-state index contributed by atoms with van der Waals surface area (Å²) in [6.45, 7) is 9.10. The molecule has 0 aromatic rings. The average Bonchev–Trinajstić information content (AvgIpc) is 1.81. The van der Waals surface area contributed by atoms with E-state index in [1.165, 1.54) is 0 Å². The molecule has 0 fully saturated rings. The van der Waals surface area contributed by atoms with Crippen molar-refractivity contribution in [3.63, 3.8) is 0 Å². The Morgan fingerprint density at radius 1 is 1.31 bits per heavy atom. The molecule has 0 spiro atoms. The summed E-state index contributed by atoms with van der Waals surface area (Å²) in [5, 5.41) is 14.5. The minimum absolute atomic E-state index is 0.234. The molecule has 2 atom stereocenters. The average molecular weight is 188 g/mol. The van der Waals surface area contributed by atoms with Gasteiger partial charge >= 0.3 is 6.03 Å². The van der Waals surface area contributed by atoms with Crippen LogP contribution in [0.1, 0.15) is 34.6 Å². The maximum absolute atomic E-state index is 11.2. The molecule has 3 N–H and O–H groups in total. The number of aliphatic hydroxyl groups excluding tert-OH is 1. The first-order valence-electron chi connectivity index (χ1n) is 4.49. The first-order chi connectivity index (χ1) is 5.72. The van der Waals surface area contributed by atoms with E-state index in [0.717, 1.165) is 0 Å². The van der Waals surface area contributed by atoms with Gasteiger partial charge in [0.25, 0.3) is 0 Å². The van der Waals surface area contributed by atoms with Gasteiger partial charge in [-0.15, -0.1) is 0 Å². The second kappa shape index (κ2) is 4.46. The lowest BCUT2D eigenvalue weighted by atomic mass is 10.1. The summed E-state index contributed by atoms with van der Waals surface area (Å²) in [4.78, 5) is 11.2. The second-order valence-electron chi connectivity index (χ2n) is 4.38. The molecule has 0 aliphatic carbocycles. The third-order valence-electron chi connectivity index (χ3n) is 1.57. The van der Waals surface area contributed by atoms with E-state index in [0.29, 0.717) is 0 Å². The van der Waals surface area contributed by atoms with Crippen molar-refractivity contribution in [3.05, 3.63) is 0 Å². The maximum atomic E-state index is 11.2. The topological polar surface area (TPSA) is 61.4 Å². The van der Waals surface area contributed by atoms with E-state index < -0.39 is 6.10 Å². The van der Waals surface area contributed by atoms with Crippen LogP contribution >= 0.6 is 0 Å². The van der Waals surface area contributed by atoms with Crippen molar-refractivity contribution in [2.45, 2.75) is 52.3 Å². The van der Waals surface area contributed by atoms with Gasteiger partial charge in [0.2, 0.25) is 0 Å². The third kappa shape index (κ3) is 6.40. The molecule has 0 aromatic carbocycles. The third-order valence-corrected chi connectivity index (χ3v) is 1.57. The van der Waals surface area contributed by atoms with Crippen LogP contribution in [0.3, 0.4) is 0 Å². The van der Waals surface area contributed by atoms with Gasteiger partial charge in [-0.3, -0.25) is 0 Å². The molecule has 2 amide bonds. The van der Waals surface area contributed by atoms with Gasteiger partial charge in [0.05, 0.1) is 12.1 Å². The molecule has 0 radical (unpaired) electrons. The number of carbonyl (C=O) groups excluding carboxylic acids is 1. The van der Waals surface area contributed by atoms with Crippen LogP contribution in [0, 0.1) is 0 Å². The normalized spacial score (nSPS) is 16.2. The van der Waals surface area contributed by atoms with Crippen LogP contribution in [0.4, 0.5) is 4.79 Å². The fourth-order valence-electron chi connectivity index (χ4n) is 0.704. The zero-order valence-electron chi connectivity index (χ0n) is 9.01. The smallest absolute Gasteiger partial charge is 0.315 e. The maximum Gasteiger partial charge on any atom is 0.315 e. The van der Waals surface area contributed by atoms with Crippen molar-refractivity contribution in [1.82, 2.24) is 10.6 Å². The molecule has 4 nitrogen and oxygen atoms in total. The van der Waals surface area contributed by atoms with E-state index in [-0.39, 0.29) is 17.6 Å². The molecule has 0 aliphatic rings.